The first-order chi connectivity index (χ1) is 11.6. The molecule has 132 valence electrons. The van der Waals surface area contributed by atoms with Gasteiger partial charge in [-0.15, -0.1) is 0 Å². The van der Waals surface area contributed by atoms with E-state index in [2.05, 4.69) is 15.2 Å². The standard InChI is InChI=1S/C15H24N6O3/c1-4-24-10-9-21-11-12(18(2)15(23)19(3)13(11)22)17-14(21)20-7-5-16-6-8-20/h16H,4-10H2,1-3H3. The van der Waals surface area contributed by atoms with Gasteiger partial charge in [0.25, 0.3) is 5.56 Å². The molecule has 1 saturated heterocycles. The van der Waals surface area contributed by atoms with E-state index in [0.717, 1.165) is 36.7 Å². The molecule has 24 heavy (non-hydrogen) atoms. The molecule has 0 atom stereocenters. The molecule has 3 rings (SSSR count). The van der Waals surface area contributed by atoms with Crippen molar-refractivity contribution in [3.8, 4) is 0 Å². The molecule has 2 aromatic rings. The van der Waals surface area contributed by atoms with Gasteiger partial charge < -0.3 is 19.5 Å². The van der Waals surface area contributed by atoms with Crippen molar-refractivity contribution in [1.82, 2.24) is 24.0 Å². The van der Waals surface area contributed by atoms with Crippen LogP contribution in [0.2, 0.25) is 0 Å². The van der Waals surface area contributed by atoms with E-state index in [1.807, 2.05) is 11.5 Å². The van der Waals surface area contributed by atoms with E-state index < -0.39 is 0 Å². The van der Waals surface area contributed by atoms with Crippen LogP contribution in [0.3, 0.4) is 0 Å². The van der Waals surface area contributed by atoms with Crippen LogP contribution in [0.25, 0.3) is 11.2 Å². The number of ether oxygens (including phenoxy) is 1. The van der Waals surface area contributed by atoms with E-state index in [9.17, 15) is 9.59 Å². The highest BCUT2D eigenvalue weighted by Gasteiger charge is 2.23. The number of hydrogen-bond donors (Lipinski definition) is 1. The molecule has 0 amide bonds. The number of nitrogens with zero attached hydrogens (tertiary/aromatic N) is 5. The van der Waals surface area contributed by atoms with Crippen LogP contribution in [0.15, 0.2) is 9.59 Å². The number of hydrogen-bond acceptors (Lipinski definition) is 6. The lowest BCUT2D eigenvalue weighted by molar-refractivity contribution is 0.140. The molecule has 2 aromatic heterocycles. The Balaban J connectivity index is 2.20. The summed E-state index contributed by atoms with van der Waals surface area (Å²) in [6, 6.07) is 0. The van der Waals surface area contributed by atoms with Crippen molar-refractivity contribution >= 4 is 17.1 Å². The minimum absolute atomic E-state index is 0.321. The van der Waals surface area contributed by atoms with Crippen molar-refractivity contribution in [2.45, 2.75) is 13.5 Å². The summed E-state index contributed by atoms with van der Waals surface area (Å²) in [5, 5.41) is 3.31. The van der Waals surface area contributed by atoms with Crippen LogP contribution in [-0.4, -0.2) is 58.1 Å². The molecule has 1 aliphatic rings. The molecule has 1 N–H and O–H groups in total. The highest BCUT2D eigenvalue weighted by molar-refractivity contribution is 5.74. The molecule has 1 fully saturated rings. The van der Waals surface area contributed by atoms with Crippen LogP contribution in [0.5, 0.6) is 0 Å². The topological polar surface area (TPSA) is 86.3 Å². The van der Waals surface area contributed by atoms with Gasteiger partial charge in [-0.1, -0.05) is 0 Å². The fourth-order valence-corrected chi connectivity index (χ4v) is 3.05. The predicted molar refractivity (Wildman–Crippen MR) is 91.8 cm³/mol. The smallest absolute Gasteiger partial charge is 0.332 e. The van der Waals surface area contributed by atoms with Crippen LogP contribution in [0.1, 0.15) is 6.92 Å². The van der Waals surface area contributed by atoms with Gasteiger partial charge in [0.05, 0.1) is 6.61 Å². The van der Waals surface area contributed by atoms with Crippen molar-refractivity contribution < 1.29 is 4.74 Å². The fraction of sp³-hybridized carbons (Fsp3) is 0.667. The third kappa shape index (κ3) is 2.73. The average Bonchev–Trinajstić information content (AvgIpc) is 2.99. The van der Waals surface area contributed by atoms with Crippen LogP contribution >= 0.6 is 0 Å². The predicted octanol–water partition coefficient (Wildman–Crippen LogP) is -1.12. The summed E-state index contributed by atoms with van der Waals surface area (Å²) in [5.74, 6) is 0.726. The minimum atomic E-state index is -0.367. The average molecular weight is 336 g/mol. The zero-order valence-corrected chi connectivity index (χ0v) is 14.4. The Bertz CT molecular complexity index is 843. The Labute approximate surface area is 139 Å². The van der Waals surface area contributed by atoms with Crippen LogP contribution in [-0.2, 0) is 25.4 Å². The second-order valence-electron chi connectivity index (χ2n) is 5.88. The van der Waals surface area contributed by atoms with Gasteiger partial charge >= 0.3 is 5.69 Å². The number of imidazole rings is 1. The summed E-state index contributed by atoms with van der Waals surface area (Å²) < 4.78 is 9.91. The summed E-state index contributed by atoms with van der Waals surface area (Å²) in [5.41, 5.74) is 0.188. The van der Waals surface area contributed by atoms with Gasteiger partial charge in [-0.25, -0.2) is 4.79 Å². The monoisotopic (exact) mass is 336 g/mol. The second kappa shape index (κ2) is 6.78. The maximum absolute atomic E-state index is 12.7. The normalized spacial score (nSPS) is 15.4. The van der Waals surface area contributed by atoms with Gasteiger partial charge in [-0.3, -0.25) is 13.9 Å². The number of fused-ring (bicyclic) bond motifs is 1. The van der Waals surface area contributed by atoms with Crippen LogP contribution in [0.4, 0.5) is 5.95 Å². The van der Waals surface area contributed by atoms with Gasteiger partial charge in [0, 0.05) is 53.4 Å². The fourth-order valence-electron chi connectivity index (χ4n) is 3.05. The highest BCUT2D eigenvalue weighted by Crippen LogP contribution is 2.20. The Kier molecular flexibility index (Phi) is 4.72. The molecule has 3 heterocycles. The molecule has 0 aliphatic carbocycles. The van der Waals surface area contributed by atoms with Crippen molar-refractivity contribution in [2.75, 3.05) is 44.3 Å². The Morgan fingerprint density at radius 1 is 1.17 bits per heavy atom. The van der Waals surface area contributed by atoms with Crippen molar-refractivity contribution in [3.05, 3.63) is 20.8 Å². The van der Waals surface area contributed by atoms with Crippen molar-refractivity contribution in [1.29, 1.82) is 0 Å². The largest absolute Gasteiger partial charge is 0.380 e. The molecule has 0 radical (unpaired) electrons. The van der Waals surface area contributed by atoms with Crippen LogP contribution < -0.4 is 21.5 Å². The van der Waals surface area contributed by atoms with E-state index in [-0.39, 0.29) is 11.2 Å². The van der Waals surface area contributed by atoms with Gasteiger partial charge in [-0.05, 0) is 6.92 Å². The number of aromatic nitrogens is 4. The van der Waals surface area contributed by atoms with Crippen LogP contribution in [0, 0.1) is 0 Å². The number of rotatable bonds is 5. The Hall–Kier alpha value is -2.13. The van der Waals surface area contributed by atoms with Gasteiger partial charge in [0.2, 0.25) is 5.95 Å². The highest BCUT2D eigenvalue weighted by atomic mass is 16.5. The summed E-state index contributed by atoms with van der Waals surface area (Å²) >= 11 is 0. The third-order valence-corrected chi connectivity index (χ3v) is 4.39. The summed E-state index contributed by atoms with van der Waals surface area (Å²) in [4.78, 5) is 31.6. The molecule has 0 spiro atoms. The van der Waals surface area contributed by atoms with Crippen molar-refractivity contribution in [3.63, 3.8) is 0 Å². The second-order valence-corrected chi connectivity index (χ2v) is 5.88. The zero-order chi connectivity index (χ0) is 17.3. The van der Waals surface area contributed by atoms with Gasteiger partial charge in [-0.2, -0.15) is 4.98 Å². The lowest BCUT2D eigenvalue weighted by Gasteiger charge is -2.28. The van der Waals surface area contributed by atoms with Gasteiger partial charge in [0.1, 0.15) is 0 Å². The van der Waals surface area contributed by atoms with Crippen molar-refractivity contribution in [2.24, 2.45) is 14.1 Å². The number of piperazine rings is 1. The number of nitrogens with one attached hydrogen (secondary N) is 1. The van der Waals surface area contributed by atoms with E-state index in [1.165, 1.54) is 11.6 Å². The molecule has 1 aliphatic heterocycles. The molecule has 0 aromatic carbocycles. The first-order valence-electron chi connectivity index (χ1n) is 8.26. The lowest BCUT2D eigenvalue weighted by Crippen LogP contribution is -2.44. The third-order valence-electron chi connectivity index (χ3n) is 4.39. The Morgan fingerprint density at radius 2 is 1.88 bits per heavy atom. The molecule has 9 nitrogen and oxygen atoms in total. The number of anilines is 1. The molecular formula is C15H24N6O3. The first kappa shape index (κ1) is 16.7. The zero-order valence-electron chi connectivity index (χ0n) is 14.4. The van der Waals surface area contributed by atoms with Gasteiger partial charge in [0.15, 0.2) is 11.2 Å². The molecule has 0 bridgehead atoms. The van der Waals surface area contributed by atoms with E-state index >= 15 is 0 Å². The molecular weight excluding hydrogens is 312 g/mol. The Morgan fingerprint density at radius 3 is 2.54 bits per heavy atom. The molecule has 0 saturated carbocycles. The van der Waals surface area contributed by atoms with E-state index in [1.54, 1.807) is 7.05 Å². The molecule has 0 unspecified atom stereocenters. The summed E-state index contributed by atoms with van der Waals surface area (Å²) in [6.45, 7) is 6.93. The maximum atomic E-state index is 12.7. The SMILES string of the molecule is CCOCCn1c(N2CCNCC2)nc2c1c(=O)n(C)c(=O)n2C. The minimum Gasteiger partial charge on any atom is -0.380 e. The summed E-state index contributed by atoms with van der Waals surface area (Å²) in [7, 11) is 3.14. The number of aryl methyl sites for hydroxylation is 1. The van der Waals surface area contributed by atoms with E-state index in [0.29, 0.717) is 30.9 Å². The quantitative estimate of drug-likeness (QED) is 0.696. The molecule has 9 heteroatoms. The van der Waals surface area contributed by atoms with E-state index in [4.69, 9.17) is 4.74 Å². The summed E-state index contributed by atoms with van der Waals surface area (Å²) in [6.07, 6.45) is 0. The maximum Gasteiger partial charge on any atom is 0.332 e. The first-order valence-corrected chi connectivity index (χ1v) is 8.26. The lowest BCUT2D eigenvalue weighted by atomic mass is 10.4.